The van der Waals surface area contributed by atoms with E-state index in [1.165, 1.54) is 44.6 Å². The molecule has 2 aliphatic heterocycles. The molecule has 2 aliphatic rings. The SMILES string of the molecule is CC(CN1CC2CCCN2C[C@H]1C)c1ccccc1. The van der Waals surface area contributed by atoms with Crippen LogP contribution < -0.4 is 0 Å². The molecule has 0 aromatic heterocycles. The second kappa shape index (κ2) is 5.64. The summed E-state index contributed by atoms with van der Waals surface area (Å²) in [5, 5.41) is 0. The van der Waals surface area contributed by atoms with Crippen molar-refractivity contribution >= 4 is 0 Å². The van der Waals surface area contributed by atoms with Crippen molar-refractivity contribution in [3.63, 3.8) is 0 Å². The van der Waals surface area contributed by atoms with E-state index in [0.717, 1.165) is 6.04 Å². The standard InChI is InChI=1S/C17H26N2/c1-14(16-7-4-3-5-8-16)11-19-13-17-9-6-10-18(17)12-15(19)2/h3-5,7-8,14-15,17H,6,9-13H2,1-2H3/t14?,15-,17?/m1/s1. The van der Waals surface area contributed by atoms with Gasteiger partial charge in [-0.1, -0.05) is 37.3 Å². The quantitative estimate of drug-likeness (QED) is 0.822. The van der Waals surface area contributed by atoms with Gasteiger partial charge in [0.1, 0.15) is 0 Å². The van der Waals surface area contributed by atoms with E-state index in [1.807, 2.05) is 0 Å². The van der Waals surface area contributed by atoms with Gasteiger partial charge in [0.2, 0.25) is 0 Å². The molecule has 0 spiro atoms. The van der Waals surface area contributed by atoms with Gasteiger partial charge in [-0.2, -0.15) is 0 Å². The van der Waals surface area contributed by atoms with E-state index in [0.29, 0.717) is 12.0 Å². The van der Waals surface area contributed by atoms with Crippen LogP contribution in [0.4, 0.5) is 0 Å². The third-order valence-corrected chi connectivity index (χ3v) is 4.94. The summed E-state index contributed by atoms with van der Waals surface area (Å²) in [6.07, 6.45) is 2.81. The van der Waals surface area contributed by atoms with Gasteiger partial charge in [-0.3, -0.25) is 9.80 Å². The first kappa shape index (κ1) is 13.1. The lowest BCUT2D eigenvalue weighted by Crippen LogP contribution is -2.55. The minimum absolute atomic E-state index is 0.636. The summed E-state index contributed by atoms with van der Waals surface area (Å²) in [4.78, 5) is 5.42. The smallest absolute Gasteiger partial charge is 0.0224 e. The summed E-state index contributed by atoms with van der Waals surface area (Å²) in [5.41, 5.74) is 1.48. The Labute approximate surface area is 117 Å². The normalized spacial score (nSPS) is 30.2. The van der Waals surface area contributed by atoms with Crippen molar-refractivity contribution in [3.8, 4) is 0 Å². The molecule has 0 saturated carbocycles. The number of fused-ring (bicyclic) bond motifs is 1. The Hall–Kier alpha value is -0.860. The molecule has 2 saturated heterocycles. The number of hydrogen-bond acceptors (Lipinski definition) is 2. The monoisotopic (exact) mass is 258 g/mol. The van der Waals surface area contributed by atoms with Gasteiger partial charge >= 0.3 is 0 Å². The van der Waals surface area contributed by atoms with Crippen molar-refractivity contribution in [2.75, 3.05) is 26.2 Å². The van der Waals surface area contributed by atoms with Crippen LogP contribution in [-0.4, -0.2) is 48.1 Å². The molecule has 1 aromatic rings. The Morgan fingerprint density at radius 1 is 1.21 bits per heavy atom. The van der Waals surface area contributed by atoms with E-state index in [1.54, 1.807) is 0 Å². The summed E-state index contributed by atoms with van der Waals surface area (Å²) in [6.45, 7) is 9.84. The topological polar surface area (TPSA) is 6.48 Å². The van der Waals surface area contributed by atoms with Gasteiger partial charge in [0.05, 0.1) is 0 Å². The van der Waals surface area contributed by atoms with E-state index in [4.69, 9.17) is 0 Å². The molecule has 1 aromatic carbocycles. The zero-order valence-electron chi connectivity index (χ0n) is 12.3. The first-order valence-electron chi connectivity index (χ1n) is 7.77. The van der Waals surface area contributed by atoms with Crippen molar-refractivity contribution < 1.29 is 0 Å². The molecule has 0 bridgehead atoms. The minimum atomic E-state index is 0.636. The molecule has 2 unspecified atom stereocenters. The average Bonchev–Trinajstić information content (AvgIpc) is 2.87. The first-order chi connectivity index (χ1) is 9.24. The Balaban J connectivity index is 1.63. The summed E-state index contributed by atoms with van der Waals surface area (Å²) < 4.78 is 0. The van der Waals surface area contributed by atoms with Crippen LogP contribution in [0.2, 0.25) is 0 Å². The molecule has 2 nitrogen and oxygen atoms in total. The molecular formula is C17H26N2. The Morgan fingerprint density at radius 3 is 2.79 bits per heavy atom. The Morgan fingerprint density at radius 2 is 2.00 bits per heavy atom. The van der Waals surface area contributed by atoms with Crippen LogP contribution in [0.25, 0.3) is 0 Å². The molecule has 2 fully saturated rings. The van der Waals surface area contributed by atoms with Crippen molar-refractivity contribution in [2.24, 2.45) is 0 Å². The molecule has 3 rings (SSSR count). The van der Waals surface area contributed by atoms with Crippen LogP contribution >= 0.6 is 0 Å². The van der Waals surface area contributed by atoms with Crippen LogP contribution in [-0.2, 0) is 0 Å². The largest absolute Gasteiger partial charge is 0.298 e. The van der Waals surface area contributed by atoms with Crippen LogP contribution in [0.5, 0.6) is 0 Å². The molecule has 0 aliphatic carbocycles. The molecule has 2 heterocycles. The fraction of sp³-hybridized carbons (Fsp3) is 0.647. The second-order valence-corrected chi connectivity index (χ2v) is 6.41. The van der Waals surface area contributed by atoms with Gasteiger partial charge in [0.15, 0.2) is 0 Å². The fourth-order valence-corrected chi connectivity index (χ4v) is 3.74. The molecule has 3 atom stereocenters. The van der Waals surface area contributed by atoms with Gasteiger partial charge < -0.3 is 0 Å². The molecule has 0 radical (unpaired) electrons. The third-order valence-electron chi connectivity index (χ3n) is 4.94. The van der Waals surface area contributed by atoms with E-state index < -0.39 is 0 Å². The molecule has 2 heteroatoms. The molecule has 104 valence electrons. The number of piperazine rings is 1. The van der Waals surface area contributed by atoms with Crippen molar-refractivity contribution in [1.29, 1.82) is 0 Å². The summed E-state index contributed by atoms with van der Waals surface area (Å²) in [6, 6.07) is 12.5. The Kier molecular flexibility index (Phi) is 3.90. The molecule has 0 amide bonds. The lowest BCUT2D eigenvalue weighted by atomic mass is 9.98. The maximum atomic E-state index is 2.71. The van der Waals surface area contributed by atoms with Gasteiger partial charge in [-0.05, 0) is 37.8 Å². The number of benzene rings is 1. The molecule has 19 heavy (non-hydrogen) atoms. The zero-order valence-corrected chi connectivity index (χ0v) is 12.3. The predicted molar refractivity (Wildman–Crippen MR) is 80.5 cm³/mol. The Bertz CT molecular complexity index is 403. The highest BCUT2D eigenvalue weighted by atomic mass is 15.3. The first-order valence-corrected chi connectivity index (χ1v) is 7.77. The van der Waals surface area contributed by atoms with Gasteiger partial charge in [-0.15, -0.1) is 0 Å². The van der Waals surface area contributed by atoms with Crippen molar-refractivity contribution in [3.05, 3.63) is 35.9 Å². The lowest BCUT2D eigenvalue weighted by Gasteiger charge is -2.43. The van der Waals surface area contributed by atoms with Crippen LogP contribution in [0.15, 0.2) is 30.3 Å². The van der Waals surface area contributed by atoms with Crippen LogP contribution in [0.3, 0.4) is 0 Å². The predicted octanol–water partition coefficient (Wildman–Crippen LogP) is 2.96. The zero-order chi connectivity index (χ0) is 13.2. The van der Waals surface area contributed by atoms with Gasteiger partial charge in [0, 0.05) is 31.7 Å². The number of hydrogen-bond donors (Lipinski definition) is 0. The van der Waals surface area contributed by atoms with Gasteiger partial charge in [-0.25, -0.2) is 0 Å². The highest BCUT2D eigenvalue weighted by Gasteiger charge is 2.34. The fourth-order valence-electron chi connectivity index (χ4n) is 3.74. The van der Waals surface area contributed by atoms with Gasteiger partial charge in [0.25, 0.3) is 0 Å². The lowest BCUT2D eigenvalue weighted by molar-refractivity contribution is 0.0561. The van der Waals surface area contributed by atoms with Crippen LogP contribution in [0, 0.1) is 0 Å². The highest BCUT2D eigenvalue weighted by Crippen LogP contribution is 2.26. The van der Waals surface area contributed by atoms with E-state index in [-0.39, 0.29) is 0 Å². The third kappa shape index (κ3) is 2.85. The average molecular weight is 258 g/mol. The second-order valence-electron chi connectivity index (χ2n) is 6.41. The molecular weight excluding hydrogens is 232 g/mol. The highest BCUT2D eigenvalue weighted by molar-refractivity contribution is 5.19. The van der Waals surface area contributed by atoms with E-state index in [2.05, 4.69) is 54.0 Å². The number of nitrogens with zero attached hydrogens (tertiary/aromatic N) is 2. The molecule has 0 N–H and O–H groups in total. The minimum Gasteiger partial charge on any atom is -0.298 e. The summed E-state index contributed by atoms with van der Waals surface area (Å²) in [7, 11) is 0. The maximum absolute atomic E-state index is 2.71. The van der Waals surface area contributed by atoms with Crippen molar-refractivity contribution in [1.82, 2.24) is 9.80 Å². The maximum Gasteiger partial charge on any atom is 0.0224 e. The van der Waals surface area contributed by atoms with Crippen LogP contribution in [0.1, 0.15) is 38.2 Å². The van der Waals surface area contributed by atoms with Crippen molar-refractivity contribution in [2.45, 2.75) is 44.7 Å². The van der Waals surface area contributed by atoms with E-state index >= 15 is 0 Å². The number of rotatable bonds is 3. The summed E-state index contributed by atoms with van der Waals surface area (Å²) in [5.74, 6) is 0.636. The van der Waals surface area contributed by atoms with E-state index in [9.17, 15) is 0 Å². The summed E-state index contributed by atoms with van der Waals surface area (Å²) >= 11 is 0.